The highest BCUT2D eigenvalue weighted by Gasteiger charge is 2.16. The highest BCUT2D eigenvalue weighted by Crippen LogP contribution is 2.30. The van der Waals surface area contributed by atoms with Gasteiger partial charge in [0.25, 0.3) is 0 Å². The van der Waals surface area contributed by atoms with Crippen molar-refractivity contribution in [1.29, 1.82) is 0 Å². The summed E-state index contributed by atoms with van der Waals surface area (Å²) in [6.07, 6.45) is 9.75. The fraction of sp³-hybridized carbons (Fsp3) is 0.929. The Bertz CT molecular complexity index is 213. The van der Waals surface area contributed by atoms with Crippen molar-refractivity contribution in [3.05, 3.63) is 0 Å². The van der Waals surface area contributed by atoms with E-state index in [1.54, 1.807) is 0 Å². The largest absolute Gasteiger partial charge is 0.297 e. The molecule has 0 heterocycles. The molecule has 0 aliphatic heterocycles. The van der Waals surface area contributed by atoms with Crippen molar-refractivity contribution in [3.8, 4) is 0 Å². The molecule has 0 aromatic rings. The third kappa shape index (κ3) is 5.38. The highest BCUT2D eigenvalue weighted by molar-refractivity contribution is 8.00. The summed E-state index contributed by atoms with van der Waals surface area (Å²) in [7, 11) is 1.93. The molecule has 1 fully saturated rings. The first-order valence-corrected chi connectivity index (χ1v) is 7.87. The van der Waals surface area contributed by atoms with Crippen LogP contribution in [0, 0.1) is 5.92 Å². The molecule has 2 atom stereocenters. The van der Waals surface area contributed by atoms with Gasteiger partial charge >= 0.3 is 0 Å². The first kappa shape index (κ1) is 14.1. The van der Waals surface area contributed by atoms with E-state index in [-0.39, 0.29) is 0 Å². The molecule has 1 aliphatic carbocycles. The molecular formula is C14H27NS. The first-order chi connectivity index (χ1) is 7.76. The van der Waals surface area contributed by atoms with E-state index in [2.05, 4.69) is 30.6 Å². The molecule has 0 amide bonds. The Morgan fingerprint density at radius 2 is 2.00 bits per heavy atom. The maximum atomic E-state index is 4.35. The normalized spacial score (nSPS) is 28.6. The first-order valence-electron chi connectivity index (χ1n) is 6.82. The Morgan fingerprint density at radius 1 is 1.25 bits per heavy atom. The van der Waals surface area contributed by atoms with Crippen molar-refractivity contribution in [2.24, 2.45) is 10.9 Å². The summed E-state index contributed by atoms with van der Waals surface area (Å²) in [6.45, 7) is 4.64. The Kier molecular flexibility index (Phi) is 7.18. The minimum Gasteiger partial charge on any atom is -0.297 e. The van der Waals surface area contributed by atoms with Gasteiger partial charge in [-0.3, -0.25) is 4.99 Å². The van der Waals surface area contributed by atoms with Crippen molar-refractivity contribution in [2.75, 3.05) is 12.8 Å². The number of rotatable bonds is 4. The van der Waals surface area contributed by atoms with E-state index >= 15 is 0 Å². The predicted molar refractivity (Wildman–Crippen MR) is 76.8 cm³/mol. The summed E-state index contributed by atoms with van der Waals surface area (Å²) < 4.78 is 0. The molecule has 2 heteroatoms. The number of hydrogen-bond donors (Lipinski definition) is 0. The third-order valence-corrected chi connectivity index (χ3v) is 5.00. The van der Waals surface area contributed by atoms with Gasteiger partial charge in [0.15, 0.2) is 0 Å². The standard InChI is InChI=1S/C14H27NS/c1-4-13(15-3)11-16-14-9-7-5-6-8-12(2)10-14/h12,14H,4-11H2,1-3H3/b15-13-. The second-order valence-electron chi connectivity index (χ2n) is 5.06. The van der Waals surface area contributed by atoms with Gasteiger partial charge in [-0.15, -0.1) is 0 Å². The van der Waals surface area contributed by atoms with Crippen LogP contribution in [-0.2, 0) is 0 Å². The summed E-state index contributed by atoms with van der Waals surface area (Å²) in [5, 5.41) is 0.888. The van der Waals surface area contributed by atoms with Crippen molar-refractivity contribution in [1.82, 2.24) is 0 Å². The van der Waals surface area contributed by atoms with Crippen LogP contribution in [0.2, 0.25) is 0 Å². The lowest BCUT2D eigenvalue weighted by atomic mass is 9.92. The van der Waals surface area contributed by atoms with Crippen LogP contribution in [0.3, 0.4) is 0 Å². The molecule has 1 rings (SSSR count). The van der Waals surface area contributed by atoms with E-state index in [0.717, 1.165) is 23.3 Å². The zero-order chi connectivity index (χ0) is 11.8. The van der Waals surface area contributed by atoms with Gasteiger partial charge in [-0.2, -0.15) is 11.8 Å². The molecule has 1 nitrogen and oxygen atoms in total. The molecule has 0 saturated heterocycles. The molecule has 0 aromatic heterocycles. The third-order valence-electron chi connectivity index (χ3n) is 3.60. The van der Waals surface area contributed by atoms with Gasteiger partial charge in [0.1, 0.15) is 0 Å². The SMILES string of the molecule is CC/C(CSC1CCCCCC(C)C1)=N/C. The molecule has 0 radical (unpaired) electrons. The summed E-state index contributed by atoms with van der Waals surface area (Å²) in [5.41, 5.74) is 1.37. The monoisotopic (exact) mass is 241 g/mol. The Labute approximate surface area is 105 Å². The van der Waals surface area contributed by atoms with Crippen molar-refractivity contribution in [2.45, 2.75) is 64.0 Å². The van der Waals surface area contributed by atoms with E-state index in [1.807, 2.05) is 7.05 Å². The molecular weight excluding hydrogens is 214 g/mol. The van der Waals surface area contributed by atoms with Crippen molar-refractivity contribution in [3.63, 3.8) is 0 Å². The summed E-state index contributed by atoms with van der Waals surface area (Å²) in [5.74, 6) is 2.09. The minimum atomic E-state index is 0.888. The van der Waals surface area contributed by atoms with Gasteiger partial charge in [0.2, 0.25) is 0 Å². The minimum absolute atomic E-state index is 0.888. The van der Waals surface area contributed by atoms with Gasteiger partial charge in [-0.1, -0.05) is 39.5 Å². The fourth-order valence-corrected chi connectivity index (χ4v) is 3.98. The number of aliphatic imine (C=N–C) groups is 1. The second kappa shape index (κ2) is 8.16. The zero-order valence-electron chi connectivity index (χ0n) is 11.2. The number of hydrogen-bond acceptors (Lipinski definition) is 2. The summed E-state index contributed by atoms with van der Waals surface area (Å²) in [6, 6.07) is 0. The maximum absolute atomic E-state index is 4.35. The van der Waals surface area contributed by atoms with E-state index < -0.39 is 0 Å². The van der Waals surface area contributed by atoms with E-state index in [9.17, 15) is 0 Å². The molecule has 94 valence electrons. The van der Waals surface area contributed by atoms with Crippen LogP contribution in [0.15, 0.2) is 4.99 Å². The summed E-state index contributed by atoms with van der Waals surface area (Å²) in [4.78, 5) is 4.35. The van der Waals surface area contributed by atoms with E-state index in [1.165, 1.54) is 44.2 Å². The van der Waals surface area contributed by atoms with Crippen LogP contribution in [0.25, 0.3) is 0 Å². The van der Waals surface area contributed by atoms with Crippen molar-refractivity contribution < 1.29 is 0 Å². The highest BCUT2D eigenvalue weighted by atomic mass is 32.2. The molecule has 0 aromatic carbocycles. The Hall–Kier alpha value is 0.0200. The molecule has 2 unspecified atom stereocenters. The summed E-state index contributed by atoms with van der Waals surface area (Å²) >= 11 is 2.15. The Morgan fingerprint density at radius 3 is 2.69 bits per heavy atom. The molecule has 16 heavy (non-hydrogen) atoms. The molecule has 1 saturated carbocycles. The molecule has 1 aliphatic rings. The van der Waals surface area contributed by atoms with Gasteiger partial charge in [-0.05, 0) is 25.2 Å². The quantitative estimate of drug-likeness (QED) is 0.657. The van der Waals surface area contributed by atoms with Gasteiger partial charge in [-0.25, -0.2) is 0 Å². The topological polar surface area (TPSA) is 12.4 Å². The van der Waals surface area contributed by atoms with Crippen LogP contribution in [0.4, 0.5) is 0 Å². The molecule has 0 spiro atoms. The van der Waals surface area contributed by atoms with Crippen LogP contribution in [0.1, 0.15) is 58.8 Å². The van der Waals surface area contributed by atoms with E-state index in [0.29, 0.717) is 0 Å². The average molecular weight is 241 g/mol. The predicted octanol–water partition coefficient (Wildman–Crippen LogP) is 4.56. The lowest BCUT2D eigenvalue weighted by molar-refractivity contribution is 0.411. The van der Waals surface area contributed by atoms with Crippen LogP contribution in [0.5, 0.6) is 0 Å². The maximum Gasteiger partial charge on any atom is 0.0317 e. The lowest BCUT2D eigenvalue weighted by Crippen LogP contribution is -2.14. The lowest BCUT2D eigenvalue weighted by Gasteiger charge is -2.23. The number of thioether (sulfide) groups is 1. The van der Waals surface area contributed by atoms with Gasteiger partial charge in [0, 0.05) is 23.8 Å². The van der Waals surface area contributed by atoms with Gasteiger partial charge < -0.3 is 0 Å². The van der Waals surface area contributed by atoms with Gasteiger partial charge in [0.05, 0.1) is 0 Å². The molecule has 0 N–H and O–H groups in total. The second-order valence-corrected chi connectivity index (χ2v) is 6.34. The Balaban J connectivity index is 2.32. The molecule has 0 bridgehead atoms. The van der Waals surface area contributed by atoms with Crippen molar-refractivity contribution >= 4 is 17.5 Å². The van der Waals surface area contributed by atoms with Crippen LogP contribution in [-0.4, -0.2) is 23.8 Å². The fourth-order valence-electron chi connectivity index (χ4n) is 2.42. The average Bonchev–Trinajstić information content (AvgIpc) is 2.26. The smallest absolute Gasteiger partial charge is 0.0317 e. The van der Waals surface area contributed by atoms with Crippen LogP contribution >= 0.6 is 11.8 Å². The van der Waals surface area contributed by atoms with Crippen LogP contribution < -0.4 is 0 Å². The van der Waals surface area contributed by atoms with E-state index in [4.69, 9.17) is 0 Å². The zero-order valence-corrected chi connectivity index (χ0v) is 12.0. The number of nitrogens with zero attached hydrogens (tertiary/aromatic N) is 1.